The van der Waals surface area contributed by atoms with Gasteiger partial charge in [-0.1, -0.05) is 17.7 Å². The number of nitro benzene ring substituents is 1. The molecule has 166 valence electrons. The molecule has 1 N–H and O–H groups in total. The maximum absolute atomic E-state index is 13.1. The summed E-state index contributed by atoms with van der Waals surface area (Å²) in [4.78, 5) is 37.3. The average Bonchev–Trinajstić information content (AvgIpc) is 3.21. The van der Waals surface area contributed by atoms with Crippen molar-refractivity contribution < 1.29 is 18.9 Å². The third-order valence-electron chi connectivity index (χ3n) is 5.11. The van der Waals surface area contributed by atoms with Crippen LogP contribution in [0.5, 0.6) is 0 Å². The molecule has 0 bridgehead atoms. The number of nitro groups is 1. The molecule has 1 saturated heterocycles. The van der Waals surface area contributed by atoms with E-state index >= 15 is 0 Å². The van der Waals surface area contributed by atoms with Crippen LogP contribution >= 0.6 is 23.8 Å². The SMILES string of the molecule is Cc1ccc(N2C(=O)/C(=C\c3ccc(-c4ccc([N+](=O)[O-])cc4C)o3)C(=O)NC2=S)cc1Cl. The van der Waals surface area contributed by atoms with Crippen molar-refractivity contribution in [3.05, 3.63) is 86.1 Å². The molecule has 4 rings (SSSR count). The molecule has 0 spiro atoms. The molecule has 2 amide bonds. The van der Waals surface area contributed by atoms with E-state index in [1.807, 2.05) is 6.92 Å². The second kappa shape index (κ2) is 8.61. The van der Waals surface area contributed by atoms with Gasteiger partial charge in [-0.15, -0.1) is 0 Å². The van der Waals surface area contributed by atoms with Crippen LogP contribution in [0, 0.1) is 24.0 Å². The quantitative estimate of drug-likeness (QED) is 0.186. The molecule has 1 fully saturated rings. The Morgan fingerprint density at radius 1 is 1.09 bits per heavy atom. The van der Waals surface area contributed by atoms with Gasteiger partial charge in [0.05, 0.1) is 10.6 Å². The van der Waals surface area contributed by atoms with Gasteiger partial charge in [0.1, 0.15) is 17.1 Å². The summed E-state index contributed by atoms with van der Waals surface area (Å²) < 4.78 is 5.80. The fourth-order valence-corrected chi connectivity index (χ4v) is 3.82. The summed E-state index contributed by atoms with van der Waals surface area (Å²) in [6.45, 7) is 3.56. The van der Waals surface area contributed by atoms with E-state index in [-0.39, 0.29) is 22.1 Å². The van der Waals surface area contributed by atoms with Crippen molar-refractivity contribution in [2.45, 2.75) is 13.8 Å². The normalized spacial score (nSPS) is 15.2. The lowest BCUT2D eigenvalue weighted by atomic mass is 10.1. The Balaban J connectivity index is 1.67. The van der Waals surface area contributed by atoms with E-state index in [1.165, 1.54) is 23.1 Å². The Kier molecular flexibility index (Phi) is 5.84. The van der Waals surface area contributed by atoms with Gasteiger partial charge in [-0.3, -0.25) is 29.9 Å². The van der Waals surface area contributed by atoms with Crippen LogP contribution in [0.1, 0.15) is 16.9 Å². The first-order chi connectivity index (χ1) is 15.7. The third kappa shape index (κ3) is 4.28. The van der Waals surface area contributed by atoms with Crippen LogP contribution < -0.4 is 10.2 Å². The van der Waals surface area contributed by atoms with E-state index in [0.29, 0.717) is 27.6 Å². The molecule has 1 aromatic heterocycles. The van der Waals surface area contributed by atoms with E-state index in [9.17, 15) is 19.7 Å². The fraction of sp³-hybridized carbons (Fsp3) is 0.0870. The number of nitrogens with one attached hydrogen (secondary N) is 1. The van der Waals surface area contributed by atoms with Crippen LogP contribution in [0.3, 0.4) is 0 Å². The highest BCUT2D eigenvalue weighted by molar-refractivity contribution is 7.80. The number of carbonyl (C=O) groups is 2. The molecule has 1 aliphatic rings. The summed E-state index contributed by atoms with van der Waals surface area (Å²) in [7, 11) is 0. The summed E-state index contributed by atoms with van der Waals surface area (Å²) in [6.07, 6.45) is 1.33. The Labute approximate surface area is 198 Å². The summed E-state index contributed by atoms with van der Waals surface area (Å²) in [6, 6.07) is 12.7. The molecule has 0 saturated carbocycles. The number of amides is 2. The second-order valence-electron chi connectivity index (χ2n) is 7.35. The molecule has 8 nitrogen and oxygen atoms in total. The molecule has 3 aromatic rings. The van der Waals surface area contributed by atoms with Crippen molar-refractivity contribution in [1.82, 2.24) is 5.32 Å². The van der Waals surface area contributed by atoms with Crippen LogP contribution in [-0.4, -0.2) is 21.9 Å². The number of anilines is 1. The van der Waals surface area contributed by atoms with Gasteiger partial charge in [0.15, 0.2) is 5.11 Å². The van der Waals surface area contributed by atoms with Crippen LogP contribution in [0.4, 0.5) is 11.4 Å². The van der Waals surface area contributed by atoms with E-state index in [0.717, 1.165) is 5.56 Å². The molecule has 0 atom stereocenters. The van der Waals surface area contributed by atoms with Crippen LogP contribution in [0.15, 0.2) is 58.5 Å². The molecule has 10 heteroatoms. The molecule has 1 aliphatic heterocycles. The van der Waals surface area contributed by atoms with Crippen molar-refractivity contribution >= 4 is 58.2 Å². The maximum Gasteiger partial charge on any atom is 0.270 e. The zero-order chi connectivity index (χ0) is 23.9. The number of hydrogen-bond donors (Lipinski definition) is 1. The molecule has 0 aliphatic carbocycles. The van der Waals surface area contributed by atoms with Gasteiger partial charge < -0.3 is 4.42 Å². The first-order valence-electron chi connectivity index (χ1n) is 9.68. The summed E-state index contributed by atoms with van der Waals surface area (Å²) in [5, 5.41) is 13.9. The maximum atomic E-state index is 13.1. The number of rotatable bonds is 4. The molecular weight excluding hydrogens is 466 g/mol. The zero-order valence-corrected chi connectivity index (χ0v) is 19.0. The van der Waals surface area contributed by atoms with Crippen LogP contribution in [0.2, 0.25) is 5.02 Å². The van der Waals surface area contributed by atoms with Crippen LogP contribution in [-0.2, 0) is 9.59 Å². The molecular formula is C23H16ClN3O5S. The van der Waals surface area contributed by atoms with Crippen molar-refractivity contribution in [2.75, 3.05) is 4.90 Å². The minimum atomic E-state index is -0.649. The number of furan rings is 1. The van der Waals surface area contributed by atoms with Gasteiger partial charge in [-0.25, -0.2) is 0 Å². The van der Waals surface area contributed by atoms with Gasteiger partial charge in [-0.2, -0.15) is 0 Å². The number of thiocarbonyl (C=S) groups is 1. The minimum Gasteiger partial charge on any atom is -0.457 e. The van der Waals surface area contributed by atoms with E-state index in [1.54, 1.807) is 43.3 Å². The number of nitrogens with zero attached hydrogens (tertiary/aromatic N) is 2. The van der Waals surface area contributed by atoms with Crippen molar-refractivity contribution in [2.24, 2.45) is 0 Å². The van der Waals surface area contributed by atoms with Crippen molar-refractivity contribution in [3.8, 4) is 11.3 Å². The lowest BCUT2D eigenvalue weighted by Crippen LogP contribution is -2.54. The van der Waals surface area contributed by atoms with Gasteiger partial charge in [0, 0.05) is 22.7 Å². The number of non-ortho nitro benzene ring substituents is 1. The predicted molar refractivity (Wildman–Crippen MR) is 128 cm³/mol. The standard InChI is InChI=1S/C23H16ClN3O5S/c1-12-3-4-14(10-19(12)24)26-22(29)18(21(28)25-23(26)33)11-16-6-8-20(32-16)17-7-5-15(27(30)31)9-13(17)2/h3-11H,1-2H3,(H,25,28,33)/b18-11-. The molecule has 0 radical (unpaired) electrons. The molecule has 2 aromatic carbocycles. The van der Waals surface area contributed by atoms with Gasteiger partial charge in [0.2, 0.25) is 0 Å². The lowest BCUT2D eigenvalue weighted by molar-refractivity contribution is -0.384. The Morgan fingerprint density at radius 2 is 1.85 bits per heavy atom. The number of benzene rings is 2. The highest BCUT2D eigenvalue weighted by atomic mass is 35.5. The number of carbonyl (C=O) groups excluding carboxylic acids is 2. The summed E-state index contributed by atoms with van der Waals surface area (Å²) >= 11 is 11.4. The topological polar surface area (TPSA) is 106 Å². The molecule has 0 unspecified atom stereocenters. The van der Waals surface area contributed by atoms with Crippen LogP contribution in [0.25, 0.3) is 17.4 Å². The largest absolute Gasteiger partial charge is 0.457 e. The summed E-state index contributed by atoms with van der Waals surface area (Å²) in [5.74, 6) is -0.566. The minimum absolute atomic E-state index is 0.0260. The monoisotopic (exact) mass is 481 g/mol. The molecule has 33 heavy (non-hydrogen) atoms. The number of hydrogen-bond acceptors (Lipinski definition) is 6. The Morgan fingerprint density at radius 3 is 2.52 bits per heavy atom. The second-order valence-corrected chi connectivity index (χ2v) is 8.14. The summed E-state index contributed by atoms with van der Waals surface area (Å²) in [5.41, 5.74) is 2.37. The van der Waals surface area contributed by atoms with Gasteiger partial charge in [0.25, 0.3) is 17.5 Å². The van der Waals surface area contributed by atoms with Gasteiger partial charge >= 0.3 is 0 Å². The highest BCUT2D eigenvalue weighted by Crippen LogP contribution is 2.30. The number of aryl methyl sites for hydroxylation is 2. The predicted octanol–water partition coefficient (Wildman–Crippen LogP) is 4.96. The Bertz CT molecular complexity index is 1380. The zero-order valence-electron chi connectivity index (χ0n) is 17.4. The van der Waals surface area contributed by atoms with Crippen molar-refractivity contribution in [3.63, 3.8) is 0 Å². The molecule has 2 heterocycles. The lowest BCUT2D eigenvalue weighted by Gasteiger charge is -2.29. The van der Waals surface area contributed by atoms with E-state index in [2.05, 4.69) is 5.32 Å². The van der Waals surface area contributed by atoms with E-state index < -0.39 is 16.7 Å². The highest BCUT2D eigenvalue weighted by Gasteiger charge is 2.35. The first-order valence-corrected chi connectivity index (χ1v) is 10.5. The average molecular weight is 482 g/mol. The fourth-order valence-electron chi connectivity index (χ4n) is 3.37. The number of halogens is 1. The van der Waals surface area contributed by atoms with E-state index in [4.69, 9.17) is 28.2 Å². The Hall–Kier alpha value is -3.82. The third-order valence-corrected chi connectivity index (χ3v) is 5.81. The van der Waals surface area contributed by atoms with Gasteiger partial charge in [-0.05, 0) is 73.6 Å². The van der Waals surface area contributed by atoms with Crippen molar-refractivity contribution in [1.29, 1.82) is 0 Å². The smallest absolute Gasteiger partial charge is 0.270 e. The first kappa shape index (κ1) is 22.4.